The molecular weight excluding hydrogens is 420 g/mol. The average molecular weight is 446 g/mol. The summed E-state index contributed by atoms with van der Waals surface area (Å²) in [4.78, 5) is 12.4. The number of hydrogen-bond donors (Lipinski definition) is 7. The molecule has 31 heavy (non-hydrogen) atoms. The maximum atomic E-state index is 12.4. The molecule has 3 rings (SSSR count). The molecule has 0 saturated carbocycles. The van der Waals surface area contributed by atoms with Crippen LogP contribution in [0, 0.1) is 0 Å². The van der Waals surface area contributed by atoms with Crippen LogP contribution in [0.4, 0.5) is 0 Å². The van der Waals surface area contributed by atoms with Gasteiger partial charge in [-0.2, -0.15) is 0 Å². The van der Waals surface area contributed by atoms with E-state index >= 15 is 0 Å². The van der Waals surface area contributed by atoms with Gasteiger partial charge in [0.1, 0.15) is 42.7 Å². The quantitative estimate of drug-likeness (QED) is 0.213. The van der Waals surface area contributed by atoms with Crippen molar-refractivity contribution < 1.29 is 59.5 Å². The first kappa shape index (κ1) is 23.9. The fourth-order valence-corrected chi connectivity index (χ4v) is 3.37. The second kappa shape index (κ2) is 10.3. The van der Waals surface area contributed by atoms with Crippen LogP contribution in [-0.4, -0.2) is 116 Å². The van der Waals surface area contributed by atoms with Crippen LogP contribution in [0.2, 0.25) is 0 Å². The Morgan fingerprint density at radius 3 is 1.90 bits per heavy atom. The Morgan fingerprint density at radius 1 is 0.774 bits per heavy atom. The molecule has 2 heterocycles. The van der Waals surface area contributed by atoms with Gasteiger partial charge in [-0.3, -0.25) is 0 Å². The van der Waals surface area contributed by atoms with Crippen molar-refractivity contribution in [1.82, 2.24) is 0 Å². The van der Waals surface area contributed by atoms with Gasteiger partial charge in [-0.1, -0.05) is 18.2 Å². The molecule has 0 bridgehead atoms. The van der Waals surface area contributed by atoms with E-state index in [2.05, 4.69) is 0 Å². The molecule has 1 aromatic carbocycles. The summed E-state index contributed by atoms with van der Waals surface area (Å²) in [7, 11) is 0. The zero-order valence-electron chi connectivity index (χ0n) is 16.2. The molecule has 1 aromatic rings. The predicted octanol–water partition coefficient (Wildman–Crippen LogP) is -3.53. The van der Waals surface area contributed by atoms with Gasteiger partial charge in [-0.25, -0.2) is 4.79 Å². The van der Waals surface area contributed by atoms with E-state index in [0.29, 0.717) is 0 Å². The summed E-state index contributed by atoms with van der Waals surface area (Å²) < 4.78 is 21.4. The van der Waals surface area contributed by atoms with Gasteiger partial charge in [0.15, 0.2) is 12.4 Å². The molecule has 174 valence electrons. The monoisotopic (exact) mass is 446 g/mol. The molecule has 0 spiro atoms. The molecule has 12 nitrogen and oxygen atoms in total. The van der Waals surface area contributed by atoms with Crippen molar-refractivity contribution in [1.29, 1.82) is 0 Å². The van der Waals surface area contributed by atoms with Crippen molar-refractivity contribution in [2.75, 3.05) is 13.2 Å². The highest BCUT2D eigenvalue weighted by Gasteiger charge is 2.51. The maximum Gasteiger partial charge on any atom is 0.338 e. The summed E-state index contributed by atoms with van der Waals surface area (Å²) >= 11 is 0. The molecule has 0 unspecified atom stereocenters. The summed E-state index contributed by atoms with van der Waals surface area (Å²) in [5, 5.41) is 69.3. The van der Waals surface area contributed by atoms with Crippen LogP contribution in [0.15, 0.2) is 30.3 Å². The second-order valence-corrected chi connectivity index (χ2v) is 7.28. The number of carbonyl (C=O) groups is 1. The number of aliphatic hydroxyl groups is 7. The molecule has 12 heteroatoms. The summed E-state index contributed by atoms with van der Waals surface area (Å²) in [6.45, 7) is -1.42. The minimum absolute atomic E-state index is 0.139. The van der Waals surface area contributed by atoms with Crippen LogP contribution in [0.25, 0.3) is 0 Å². The van der Waals surface area contributed by atoms with E-state index in [1.165, 1.54) is 12.1 Å². The smallest absolute Gasteiger partial charge is 0.338 e. The van der Waals surface area contributed by atoms with Gasteiger partial charge in [0, 0.05) is 0 Å². The number of carbonyl (C=O) groups excluding carboxylic acids is 1. The van der Waals surface area contributed by atoms with Crippen LogP contribution >= 0.6 is 0 Å². The molecule has 2 saturated heterocycles. The van der Waals surface area contributed by atoms with Crippen LogP contribution in [0.1, 0.15) is 10.4 Å². The summed E-state index contributed by atoms with van der Waals surface area (Å²) in [5.41, 5.74) is 0.139. The Kier molecular flexibility index (Phi) is 7.93. The summed E-state index contributed by atoms with van der Waals surface area (Å²) in [5.74, 6) is -0.870. The fourth-order valence-electron chi connectivity index (χ4n) is 3.37. The van der Waals surface area contributed by atoms with E-state index in [9.17, 15) is 40.5 Å². The Balaban J connectivity index is 1.80. The number of ether oxygens (including phenoxy) is 4. The molecule has 0 aromatic heterocycles. The van der Waals surface area contributed by atoms with Crippen LogP contribution in [0.5, 0.6) is 0 Å². The lowest BCUT2D eigenvalue weighted by atomic mass is 9.98. The van der Waals surface area contributed by atoms with E-state index in [0.717, 1.165) is 0 Å². The van der Waals surface area contributed by atoms with Crippen molar-refractivity contribution in [3.63, 3.8) is 0 Å². The maximum absolute atomic E-state index is 12.4. The first-order chi connectivity index (χ1) is 14.8. The number of benzene rings is 1. The standard InChI is InChI=1S/C19H26O12/c20-6-9-11(22)13(24)15(26)18(28-9)31-19-16(14(25)12(23)10(7-21)29-19)30-17(27)8-4-2-1-3-5-8/h1-5,9-16,18-26H,6-7H2/t9-,10-,11-,12-,13+,14+,15-,16-,18-,19-/m1/s1. The average Bonchev–Trinajstić information content (AvgIpc) is 2.79. The van der Waals surface area contributed by atoms with Gasteiger partial charge < -0.3 is 54.7 Å². The van der Waals surface area contributed by atoms with Crippen molar-refractivity contribution in [3.05, 3.63) is 35.9 Å². The molecule has 0 amide bonds. The van der Waals surface area contributed by atoms with Gasteiger partial charge in [-0.05, 0) is 12.1 Å². The summed E-state index contributed by atoms with van der Waals surface area (Å²) in [6.07, 6.45) is -16.1. The summed E-state index contributed by atoms with van der Waals surface area (Å²) in [6, 6.07) is 7.76. The Morgan fingerprint density at radius 2 is 1.32 bits per heavy atom. The predicted molar refractivity (Wildman–Crippen MR) is 98.3 cm³/mol. The third-order valence-corrected chi connectivity index (χ3v) is 5.19. The van der Waals surface area contributed by atoms with Crippen molar-refractivity contribution in [2.45, 2.75) is 61.4 Å². The second-order valence-electron chi connectivity index (χ2n) is 7.28. The molecule has 2 fully saturated rings. The van der Waals surface area contributed by atoms with Crippen LogP contribution in [-0.2, 0) is 18.9 Å². The van der Waals surface area contributed by atoms with Gasteiger partial charge in [-0.15, -0.1) is 0 Å². The van der Waals surface area contributed by atoms with Gasteiger partial charge in [0.2, 0.25) is 6.29 Å². The molecule has 2 aliphatic rings. The van der Waals surface area contributed by atoms with Crippen LogP contribution in [0.3, 0.4) is 0 Å². The molecule has 10 atom stereocenters. The fraction of sp³-hybridized carbons (Fsp3) is 0.632. The largest absolute Gasteiger partial charge is 0.450 e. The van der Waals surface area contributed by atoms with E-state index in [4.69, 9.17) is 18.9 Å². The van der Waals surface area contributed by atoms with Gasteiger partial charge in [0.25, 0.3) is 0 Å². The lowest BCUT2D eigenvalue weighted by Gasteiger charge is -2.45. The van der Waals surface area contributed by atoms with Crippen molar-refractivity contribution in [3.8, 4) is 0 Å². The van der Waals surface area contributed by atoms with Crippen LogP contribution < -0.4 is 0 Å². The minimum atomic E-state index is -1.79. The molecule has 2 aliphatic heterocycles. The molecule has 0 radical (unpaired) electrons. The SMILES string of the molecule is O=C(O[C@H]1[C@@H](O[C@H]2O[C@H](CO)[C@@H](O)[C@H](O)[C@H]2O)O[C@H](CO)[C@@H](O)[C@@H]1O)c1ccccc1. The Bertz CT molecular complexity index is 715. The third-order valence-electron chi connectivity index (χ3n) is 5.19. The number of esters is 1. The Labute approximate surface area is 176 Å². The first-order valence-corrected chi connectivity index (χ1v) is 9.63. The first-order valence-electron chi connectivity index (χ1n) is 9.63. The van der Waals surface area contributed by atoms with E-state index < -0.39 is 80.6 Å². The topological polar surface area (TPSA) is 196 Å². The third kappa shape index (κ3) is 5.04. The highest BCUT2D eigenvalue weighted by Crippen LogP contribution is 2.29. The van der Waals surface area contributed by atoms with Crippen molar-refractivity contribution in [2.24, 2.45) is 0 Å². The highest BCUT2D eigenvalue weighted by atomic mass is 16.8. The molecular formula is C19H26O12. The number of aliphatic hydroxyl groups excluding tert-OH is 7. The van der Waals surface area contributed by atoms with Gasteiger partial charge in [0.05, 0.1) is 18.8 Å². The zero-order chi connectivity index (χ0) is 22.7. The van der Waals surface area contributed by atoms with Gasteiger partial charge >= 0.3 is 5.97 Å². The molecule has 0 aliphatic carbocycles. The Hall–Kier alpha value is -1.71. The molecule has 7 N–H and O–H groups in total. The van der Waals surface area contributed by atoms with Crippen molar-refractivity contribution >= 4 is 5.97 Å². The highest BCUT2D eigenvalue weighted by molar-refractivity contribution is 5.89. The number of rotatable bonds is 6. The lowest BCUT2D eigenvalue weighted by Crippen LogP contribution is -2.64. The van der Waals surface area contributed by atoms with E-state index in [-0.39, 0.29) is 5.56 Å². The zero-order valence-corrected chi connectivity index (χ0v) is 16.2. The van der Waals surface area contributed by atoms with E-state index in [1.807, 2.05) is 0 Å². The van der Waals surface area contributed by atoms with E-state index in [1.54, 1.807) is 18.2 Å². The minimum Gasteiger partial charge on any atom is -0.450 e. The normalized spacial score (nSPS) is 41.0. The lowest BCUT2D eigenvalue weighted by molar-refractivity contribution is -0.375. The number of hydrogen-bond acceptors (Lipinski definition) is 12.